The first kappa shape index (κ1) is 14.6. The Labute approximate surface area is 118 Å². The molecule has 0 bridgehead atoms. The summed E-state index contributed by atoms with van der Waals surface area (Å²) < 4.78 is 2.55. The van der Waals surface area contributed by atoms with Crippen LogP contribution in [0.2, 0.25) is 0 Å². The smallest absolute Gasteiger partial charge is 0.0313 e. The van der Waals surface area contributed by atoms with Crippen molar-refractivity contribution in [3.63, 3.8) is 0 Å². The van der Waals surface area contributed by atoms with Gasteiger partial charge in [0.25, 0.3) is 0 Å². The lowest BCUT2D eigenvalue weighted by Gasteiger charge is -2.28. The van der Waals surface area contributed by atoms with Crippen molar-refractivity contribution in [2.24, 2.45) is 23.5 Å². The van der Waals surface area contributed by atoms with Crippen LogP contribution in [-0.2, 0) is 13.0 Å². The fourth-order valence-corrected chi connectivity index (χ4v) is 3.66. The molecule has 1 aromatic rings. The Hall–Kier alpha value is -0.760. The Morgan fingerprint density at radius 3 is 2.47 bits per heavy atom. The fourth-order valence-electron chi connectivity index (χ4n) is 3.66. The number of rotatable bonds is 4. The highest BCUT2D eigenvalue weighted by molar-refractivity contribution is 5.32. The summed E-state index contributed by atoms with van der Waals surface area (Å²) in [5.74, 6) is 2.21. The van der Waals surface area contributed by atoms with E-state index in [1.165, 1.54) is 29.8 Å². The molecule has 1 heterocycles. The van der Waals surface area contributed by atoms with E-state index in [0.29, 0.717) is 0 Å². The standard InChI is InChI=1S/C17H30N2/c1-11(2)15(12(3)4)10-19-13(5)9-14-16(18)7-6-8-17(14)19/h9,11-12,15-16H,6-8,10,18H2,1-5H3. The minimum atomic E-state index is 0.264. The number of nitrogens with zero attached hydrogens (tertiary/aromatic N) is 1. The van der Waals surface area contributed by atoms with Gasteiger partial charge in [0, 0.05) is 24.0 Å². The molecule has 1 aliphatic rings. The van der Waals surface area contributed by atoms with E-state index in [0.717, 1.165) is 30.7 Å². The van der Waals surface area contributed by atoms with Gasteiger partial charge in [0.1, 0.15) is 0 Å². The van der Waals surface area contributed by atoms with Crippen LogP contribution in [0.5, 0.6) is 0 Å². The van der Waals surface area contributed by atoms with Crippen LogP contribution in [0.4, 0.5) is 0 Å². The predicted octanol–water partition coefficient (Wildman–Crippen LogP) is 4.06. The number of aromatic nitrogens is 1. The number of hydrogen-bond acceptors (Lipinski definition) is 1. The Balaban J connectivity index is 2.30. The van der Waals surface area contributed by atoms with Crippen molar-refractivity contribution in [3.8, 4) is 0 Å². The lowest BCUT2D eigenvalue weighted by atomic mass is 9.85. The zero-order chi connectivity index (χ0) is 14.2. The van der Waals surface area contributed by atoms with E-state index < -0.39 is 0 Å². The van der Waals surface area contributed by atoms with Gasteiger partial charge in [0.05, 0.1) is 0 Å². The van der Waals surface area contributed by atoms with Gasteiger partial charge in [-0.25, -0.2) is 0 Å². The van der Waals surface area contributed by atoms with Gasteiger partial charge in [0.15, 0.2) is 0 Å². The van der Waals surface area contributed by atoms with Crippen LogP contribution in [0.1, 0.15) is 63.5 Å². The minimum Gasteiger partial charge on any atom is -0.348 e. The Morgan fingerprint density at radius 2 is 1.89 bits per heavy atom. The van der Waals surface area contributed by atoms with Crippen molar-refractivity contribution in [1.29, 1.82) is 0 Å². The van der Waals surface area contributed by atoms with Crippen molar-refractivity contribution in [2.75, 3.05) is 0 Å². The molecule has 0 aliphatic heterocycles. The van der Waals surface area contributed by atoms with E-state index in [4.69, 9.17) is 5.73 Å². The molecule has 1 unspecified atom stereocenters. The second-order valence-corrected chi connectivity index (χ2v) is 6.95. The van der Waals surface area contributed by atoms with Crippen LogP contribution in [0.3, 0.4) is 0 Å². The molecule has 0 saturated carbocycles. The molecule has 1 aromatic heterocycles. The molecular formula is C17H30N2. The number of nitrogens with two attached hydrogens (primary N) is 1. The average Bonchev–Trinajstić information content (AvgIpc) is 2.63. The molecule has 0 saturated heterocycles. The number of aryl methyl sites for hydroxylation is 1. The summed E-state index contributed by atoms with van der Waals surface area (Å²) in [6.45, 7) is 12.8. The normalized spacial score (nSPS) is 19.5. The lowest BCUT2D eigenvalue weighted by molar-refractivity contribution is 0.247. The topological polar surface area (TPSA) is 30.9 Å². The third-order valence-corrected chi connectivity index (χ3v) is 4.88. The minimum absolute atomic E-state index is 0.264. The summed E-state index contributed by atoms with van der Waals surface area (Å²) in [4.78, 5) is 0. The van der Waals surface area contributed by atoms with Crippen molar-refractivity contribution in [3.05, 3.63) is 23.0 Å². The SMILES string of the molecule is Cc1cc2c(n1CC(C(C)C)C(C)C)CCCC2N. The molecule has 0 radical (unpaired) electrons. The highest BCUT2D eigenvalue weighted by atomic mass is 15.0. The Kier molecular flexibility index (Phi) is 4.39. The average molecular weight is 262 g/mol. The highest BCUT2D eigenvalue weighted by Crippen LogP contribution is 2.33. The van der Waals surface area contributed by atoms with Crippen molar-refractivity contribution < 1.29 is 0 Å². The van der Waals surface area contributed by atoms with Gasteiger partial charge in [-0.1, -0.05) is 27.7 Å². The van der Waals surface area contributed by atoms with Crippen LogP contribution < -0.4 is 5.73 Å². The molecule has 1 atom stereocenters. The first-order chi connectivity index (χ1) is 8.91. The first-order valence-corrected chi connectivity index (χ1v) is 7.86. The molecule has 19 heavy (non-hydrogen) atoms. The zero-order valence-electron chi connectivity index (χ0n) is 13.2. The molecule has 2 heteroatoms. The lowest BCUT2D eigenvalue weighted by Crippen LogP contribution is -2.25. The van der Waals surface area contributed by atoms with Crippen LogP contribution in [-0.4, -0.2) is 4.57 Å². The van der Waals surface area contributed by atoms with Gasteiger partial charge in [-0.05, 0) is 55.6 Å². The van der Waals surface area contributed by atoms with E-state index in [1.807, 2.05) is 0 Å². The van der Waals surface area contributed by atoms with E-state index >= 15 is 0 Å². The Bertz CT molecular complexity index is 421. The third-order valence-electron chi connectivity index (χ3n) is 4.88. The van der Waals surface area contributed by atoms with E-state index in [-0.39, 0.29) is 6.04 Å². The van der Waals surface area contributed by atoms with Crippen molar-refractivity contribution in [1.82, 2.24) is 4.57 Å². The van der Waals surface area contributed by atoms with Crippen LogP contribution >= 0.6 is 0 Å². The fraction of sp³-hybridized carbons (Fsp3) is 0.765. The van der Waals surface area contributed by atoms with Gasteiger partial charge < -0.3 is 10.3 Å². The van der Waals surface area contributed by atoms with E-state index in [9.17, 15) is 0 Å². The molecule has 2 nitrogen and oxygen atoms in total. The van der Waals surface area contributed by atoms with Gasteiger partial charge >= 0.3 is 0 Å². The number of hydrogen-bond donors (Lipinski definition) is 1. The summed E-state index contributed by atoms with van der Waals surface area (Å²) in [5.41, 5.74) is 10.6. The van der Waals surface area contributed by atoms with Gasteiger partial charge in [-0.15, -0.1) is 0 Å². The van der Waals surface area contributed by atoms with Crippen LogP contribution in [0, 0.1) is 24.7 Å². The molecule has 1 aliphatic carbocycles. The van der Waals surface area contributed by atoms with Gasteiger partial charge in [-0.2, -0.15) is 0 Å². The predicted molar refractivity (Wildman–Crippen MR) is 82.2 cm³/mol. The molecule has 0 aromatic carbocycles. The van der Waals surface area contributed by atoms with E-state index in [1.54, 1.807) is 0 Å². The molecule has 0 fully saturated rings. The number of fused-ring (bicyclic) bond motifs is 1. The molecule has 2 rings (SSSR count). The first-order valence-electron chi connectivity index (χ1n) is 7.86. The maximum atomic E-state index is 6.27. The summed E-state index contributed by atoms with van der Waals surface area (Å²) in [6, 6.07) is 2.59. The zero-order valence-corrected chi connectivity index (χ0v) is 13.2. The molecule has 0 spiro atoms. The largest absolute Gasteiger partial charge is 0.348 e. The quantitative estimate of drug-likeness (QED) is 0.871. The van der Waals surface area contributed by atoms with Crippen molar-refractivity contribution in [2.45, 2.75) is 66.5 Å². The maximum absolute atomic E-state index is 6.27. The Morgan fingerprint density at radius 1 is 1.26 bits per heavy atom. The van der Waals surface area contributed by atoms with Gasteiger partial charge in [0.2, 0.25) is 0 Å². The summed E-state index contributed by atoms with van der Waals surface area (Å²) >= 11 is 0. The third kappa shape index (κ3) is 2.89. The molecule has 108 valence electrons. The summed E-state index contributed by atoms with van der Waals surface area (Å²) in [6.07, 6.45) is 3.60. The van der Waals surface area contributed by atoms with Crippen molar-refractivity contribution >= 4 is 0 Å². The van der Waals surface area contributed by atoms with Crippen LogP contribution in [0.25, 0.3) is 0 Å². The second-order valence-electron chi connectivity index (χ2n) is 6.95. The van der Waals surface area contributed by atoms with Crippen LogP contribution in [0.15, 0.2) is 6.07 Å². The monoisotopic (exact) mass is 262 g/mol. The second kappa shape index (κ2) is 5.70. The summed E-state index contributed by atoms with van der Waals surface area (Å²) in [5, 5.41) is 0. The van der Waals surface area contributed by atoms with Gasteiger partial charge in [-0.3, -0.25) is 0 Å². The maximum Gasteiger partial charge on any atom is 0.0313 e. The summed E-state index contributed by atoms with van der Waals surface area (Å²) in [7, 11) is 0. The van der Waals surface area contributed by atoms with E-state index in [2.05, 4.69) is 45.3 Å². The molecule has 0 amide bonds. The highest BCUT2D eigenvalue weighted by Gasteiger charge is 2.25. The molecular weight excluding hydrogens is 232 g/mol. The molecule has 2 N–H and O–H groups in total.